The van der Waals surface area contributed by atoms with E-state index >= 15 is 0 Å². The van der Waals surface area contributed by atoms with E-state index in [1.165, 1.54) is 23.5 Å². The Labute approximate surface area is 185 Å². The highest BCUT2D eigenvalue weighted by atomic mass is 32.1. The van der Waals surface area contributed by atoms with Crippen LogP contribution in [0.5, 0.6) is 0 Å². The lowest BCUT2D eigenvalue weighted by Gasteiger charge is -2.11. The van der Waals surface area contributed by atoms with Crippen LogP contribution in [0.25, 0.3) is 16.4 Å². The third-order valence-corrected chi connectivity index (χ3v) is 5.87. The molecule has 2 heterocycles. The normalized spacial score (nSPS) is 14.5. The fourth-order valence-corrected chi connectivity index (χ4v) is 4.19. The number of hydrogen-bond acceptors (Lipinski definition) is 6. The summed E-state index contributed by atoms with van der Waals surface area (Å²) >= 11 is 1.29. The quantitative estimate of drug-likeness (QED) is 0.552. The molecule has 11 heteroatoms. The summed E-state index contributed by atoms with van der Waals surface area (Å²) < 4.78 is 45.7. The maximum absolute atomic E-state index is 13.2. The number of benzene rings is 1. The van der Waals surface area contributed by atoms with Gasteiger partial charge in [0.1, 0.15) is 0 Å². The standard InChI is InChI=1S/C21H19F3N4O3S/c22-21(23,24)13-5-3-8-15(11-13)28-19(16-9-4-10-32-16)26-18(27-28)20(30)31-12-17(29)25-14-6-1-2-7-14/h3-5,8-11,14H,1-2,6-7,12H2,(H,25,29). The molecule has 1 aliphatic carbocycles. The van der Waals surface area contributed by atoms with Crippen molar-refractivity contribution in [2.75, 3.05) is 6.61 Å². The van der Waals surface area contributed by atoms with Crippen molar-refractivity contribution >= 4 is 23.2 Å². The first-order valence-electron chi connectivity index (χ1n) is 9.96. The molecule has 3 aromatic rings. The Kier molecular flexibility index (Phi) is 6.26. The van der Waals surface area contributed by atoms with Gasteiger partial charge in [0.25, 0.3) is 11.7 Å². The van der Waals surface area contributed by atoms with Crippen molar-refractivity contribution in [3.63, 3.8) is 0 Å². The largest absolute Gasteiger partial charge is 0.450 e. The number of aromatic nitrogens is 3. The number of esters is 1. The lowest BCUT2D eigenvalue weighted by molar-refractivity contribution is -0.137. The van der Waals surface area contributed by atoms with E-state index in [0.29, 0.717) is 4.88 Å². The topological polar surface area (TPSA) is 86.1 Å². The van der Waals surface area contributed by atoms with Gasteiger partial charge in [0.05, 0.1) is 16.1 Å². The highest BCUT2D eigenvalue weighted by molar-refractivity contribution is 7.13. The molecule has 0 radical (unpaired) electrons. The zero-order valence-electron chi connectivity index (χ0n) is 16.8. The molecule has 1 aliphatic rings. The minimum atomic E-state index is -4.53. The number of nitrogens with one attached hydrogen (secondary N) is 1. The fourth-order valence-electron chi connectivity index (χ4n) is 3.49. The monoisotopic (exact) mass is 464 g/mol. The Morgan fingerprint density at radius 1 is 1.19 bits per heavy atom. The maximum Gasteiger partial charge on any atom is 0.416 e. The van der Waals surface area contributed by atoms with Gasteiger partial charge in [-0.25, -0.2) is 9.48 Å². The zero-order valence-corrected chi connectivity index (χ0v) is 17.6. The Balaban J connectivity index is 1.56. The van der Waals surface area contributed by atoms with Crippen LogP contribution in [-0.2, 0) is 15.7 Å². The van der Waals surface area contributed by atoms with E-state index in [9.17, 15) is 22.8 Å². The predicted octanol–water partition coefficient (Wildman–Crippen LogP) is 4.23. The summed E-state index contributed by atoms with van der Waals surface area (Å²) in [7, 11) is 0. The zero-order chi connectivity index (χ0) is 22.7. The van der Waals surface area contributed by atoms with Gasteiger partial charge in [-0.15, -0.1) is 16.4 Å². The van der Waals surface area contributed by atoms with E-state index in [0.717, 1.165) is 42.5 Å². The molecule has 0 unspecified atom stereocenters. The van der Waals surface area contributed by atoms with E-state index in [1.54, 1.807) is 17.5 Å². The second kappa shape index (κ2) is 9.11. The summed E-state index contributed by atoms with van der Waals surface area (Å²) in [4.78, 5) is 29.3. The van der Waals surface area contributed by atoms with Crippen molar-refractivity contribution in [3.05, 3.63) is 53.2 Å². The molecule has 0 bridgehead atoms. The van der Waals surface area contributed by atoms with Crippen molar-refractivity contribution in [1.82, 2.24) is 20.1 Å². The molecular weight excluding hydrogens is 445 g/mol. The first-order chi connectivity index (χ1) is 15.3. The van der Waals surface area contributed by atoms with Gasteiger partial charge in [0, 0.05) is 6.04 Å². The van der Waals surface area contributed by atoms with Crippen LogP contribution in [0, 0.1) is 0 Å². The summed E-state index contributed by atoms with van der Waals surface area (Å²) in [5.41, 5.74) is -0.760. The molecule has 0 saturated heterocycles. The number of carbonyl (C=O) groups is 2. The first-order valence-corrected chi connectivity index (χ1v) is 10.8. The van der Waals surface area contributed by atoms with E-state index in [1.807, 2.05) is 0 Å². The van der Waals surface area contributed by atoms with Crippen LogP contribution >= 0.6 is 11.3 Å². The molecule has 1 aromatic carbocycles. The summed E-state index contributed by atoms with van der Waals surface area (Å²) in [6, 6.07) is 8.11. The molecule has 1 N–H and O–H groups in total. The van der Waals surface area contributed by atoms with E-state index in [-0.39, 0.29) is 23.4 Å². The molecule has 1 fully saturated rings. The first kappa shape index (κ1) is 22.0. The number of amides is 1. The Bertz CT molecular complexity index is 1110. The van der Waals surface area contributed by atoms with Gasteiger partial charge < -0.3 is 10.1 Å². The minimum Gasteiger partial charge on any atom is -0.450 e. The Morgan fingerprint density at radius 3 is 2.66 bits per heavy atom. The van der Waals surface area contributed by atoms with Crippen molar-refractivity contribution < 1.29 is 27.5 Å². The summed E-state index contributed by atoms with van der Waals surface area (Å²) in [6.07, 6.45) is -0.645. The van der Waals surface area contributed by atoms with Crippen LogP contribution in [0.3, 0.4) is 0 Å². The summed E-state index contributed by atoms with van der Waals surface area (Å²) in [5.74, 6) is -1.50. The highest BCUT2D eigenvalue weighted by Gasteiger charge is 2.31. The van der Waals surface area contributed by atoms with Gasteiger partial charge in [0.2, 0.25) is 0 Å². The van der Waals surface area contributed by atoms with Crippen molar-refractivity contribution in [2.24, 2.45) is 0 Å². The van der Waals surface area contributed by atoms with Gasteiger partial charge in [-0.1, -0.05) is 25.0 Å². The third kappa shape index (κ3) is 4.98. The number of alkyl halides is 3. The lowest BCUT2D eigenvalue weighted by Crippen LogP contribution is -2.36. The van der Waals surface area contributed by atoms with Crippen molar-refractivity contribution in [3.8, 4) is 16.4 Å². The number of carbonyl (C=O) groups excluding carboxylic acids is 2. The molecule has 0 aliphatic heterocycles. The van der Waals surface area contributed by atoms with E-state index in [4.69, 9.17) is 4.74 Å². The Hall–Kier alpha value is -3.21. The number of ether oxygens (including phenoxy) is 1. The number of nitrogens with zero attached hydrogens (tertiary/aromatic N) is 3. The molecule has 0 atom stereocenters. The van der Waals surface area contributed by atoms with Gasteiger partial charge in [0.15, 0.2) is 12.4 Å². The van der Waals surface area contributed by atoms with Crippen LogP contribution in [0.1, 0.15) is 41.9 Å². The number of rotatable bonds is 6. The molecule has 32 heavy (non-hydrogen) atoms. The fraction of sp³-hybridized carbons (Fsp3) is 0.333. The smallest absolute Gasteiger partial charge is 0.416 e. The van der Waals surface area contributed by atoms with Crippen LogP contribution in [0.2, 0.25) is 0 Å². The number of hydrogen-bond donors (Lipinski definition) is 1. The van der Waals surface area contributed by atoms with E-state index in [2.05, 4.69) is 15.4 Å². The second-order valence-electron chi connectivity index (χ2n) is 7.32. The van der Waals surface area contributed by atoms with Crippen molar-refractivity contribution in [2.45, 2.75) is 37.9 Å². The average Bonchev–Trinajstić information content (AvgIpc) is 3.52. The molecule has 1 amide bonds. The second-order valence-corrected chi connectivity index (χ2v) is 8.27. The molecule has 4 rings (SSSR count). The van der Waals surface area contributed by atoms with Gasteiger partial charge in [-0.2, -0.15) is 18.2 Å². The average molecular weight is 464 g/mol. The maximum atomic E-state index is 13.2. The van der Waals surface area contributed by atoms with Gasteiger partial charge in [-0.05, 0) is 42.5 Å². The SMILES string of the molecule is O=C(COC(=O)c1nc(-c2cccs2)n(-c2cccc(C(F)(F)F)c2)n1)NC1CCCC1. The van der Waals surface area contributed by atoms with Crippen LogP contribution in [0.4, 0.5) is 13.2 Å². The Morgan fingerprint density at radius 2 is 1.97 bits per heavy atom. The number of thiophene rings is 1. The number of halogens is 3. The molecule has 2 aromatic heterocycles. The third-order valence-electron chi connectivity index (χ3n) is 5.00. The van der Waals surface area contributed by atoms with Crippen LogP contribution < -0.4 is 5.32 Å². The molecule has 0 spiro atoms. The van der Waals surface area contributed by atoms with E-state index < -0.39 is 30.2 Å². The highest BCUT2D eigenvalue weighted by Crippen LogP contribution is 2.32. The molecule has 1 saturated carbocycles. The molecule has 168 valence electrons. The van der Waals surface area contributed by atoms with Crippen LogP contribution in [0.15, 0.2) is 41.8 Å². The minimum absolute atomic E-state index is 0.0878. The van der Waals surface area contributed by atoms with Gasteiger partial charge in [-0.3, -0.25) is 4.79 Å². The van der Waals surface area contributed by atoms with Crippen LogP contribution in [-0.4, -0.2) is 39.3 Å². The molecular formula is C21H19F3N4O3S. The molecule has 7 nitrogen and oxygen atoms in total. The van der Waals surface area contributed by atoms with Crippen molar-refractivity contribution in [1.29, 1.82) is 0 Å². The summed E-state index contributed by atoms with van der Waals surface area (Å²) in [5, 5.41) is 8.65. The lowest BCUT2D eigenvalue weighted by atomic mass is 10.2. The van der Waals surface area contributed by atoms with Gasteiger partial charge >= 0.3 is 12.1 Å². The summed E-state index contributed by atoms with van der Waals surface area (Å²) in [6.45, 7) is -0.484. The predicted molar refractivity (Wildman–Crippen MR) is 110 cm³/mol.